The van der Waals surface area contributed by atoms with E-state index in [1.807, 2.05) is 35.7 Å². The number of anilines is 1. The molecule has 29 heavy (non-hydrogen) atoms. The molecular weight excluding hydrogens is 402 g/mol. The highest BCUT2D eigenvalue weighted by Gasteiger charge is 2.12. The molecule has 0 aliphatic rings. The Labute approximate surface area is 176 Å². The van der Waals surface area contributed by atoms with Crippen LogP contribution in [0.3, 0.4) is 0 Å². The summed E-state index contributed by atoms with van der Waals surface area (Å²) in [5.74, 6) is -0.175. The summed E-state index contributed by atoms with van der Waals surface area (Å²) in [7, 11) is 0. The number of rotatable bonds is 4. The van der Waals surface area contributed by atoms with Crippen molar-refractivity contribution in [2.45, 2.75) is 0 Å². The zero-order valence-corrected chi connectivity index (χ0v) is 16.7. The number of pyridine rings is 1. The van der Waals surface area contributed by atoms with Gasteiger partial charge in [-0.3, -0.25) is 4.79 Å². The molecule has 0 atom stereocenters. The predicted molar refractivity (Wildman–Crippen MR) is 119 cm³/mol. The van der Waals surface area contributed by atoms with Gasteiger partial charge in [0.25, 0.3) is 5.91 Å². The maximum absolute atomic E-state index is 12.4. The number of hydrogen-bond donors (Lipinski definition) is 1. The molecule has 0 radical (unpaired) electrons. The maximum atomic E-state index is 12.4. The molecule has 6 heteroatoms. The first-order valence-electron chi connectivity index (χ1n) is 8.75. The zero-order chi connectivity index (χ0) is 20.2. The molecule has 2 aromatic heterocycles. The molecule has 4 aromatic rings. The fraction of sp³-hybridized carbons (Fsp3) is 0. The van der Waals surface area contributed by atoms with E-state index >= 15 is 0 Å². The van der Waals surface area contributed by atoms with Crippen molar-refractivity contribution in [1.29, 1.82) is 5.26 Å². The zero-order valence-electron chi connectivity index (χ0n) is 15.1. The molecule has 2 aromatic carbocycles. The first kappa shape index (κ1) is 18.9. The summed E-state index contributed by atoms with van der Waals surface area (Å²) in [5, 5.41) is 16.9. The Morgan fingerprint density at radius 2 is 1.97 bits per heavy atom. The van der Waals surface area contributed by atoms with Crippen LogP contribution in [0.1, 0.15) is 4.88 Å². The first-order chi connectivity index (χ1) is 14.1. The summed E-state index contributed by atoms with van der Waals surface area (Å²) in [6.45, 7) is 0. The van der Waals surface area contributed by atoms with Crippen molar-refractivity contribution in [3.63, 3.8) is 0 Å². The molecule has 4 rings (SSSR count). The second kappa shape index (κ2) is 8.27. The fourth-order valence-electron chi connectivity index (χ4n) is 2.97. The number of thiophene rings is 1. The van der Waals surface area contributed by atoms with Crippen LogP contribution in [-0.2, 0) is 4.79 Å². The van der Waals surface area contributed by atoms with E-state index in [-0.39, 0.29) is 5.57 Å². The second-order valence-electron chi connectivity index (χ2n) is 6.25. The van der Waals surface area contributed by atoms with Crippen molar-refractivity contribution in [2.24, 2.45) is 0 Å². The maximum Gasteiger partial charge on any atom is 0.267 e. The summed E-state index contributed by atoms with van der Waals surface area (Å²) in [6.07, 6.45) is 3.02. The van der Waals surface area contributed by atoms with Gasteiger partial charge in [0.2, 0.25) is 0 Å². The third kappa shape index (κ3) is 4.19. The quantitative estimate of drug-likeness (QED) is 0.320. The van der Waals surface area contributed by atoms with Crippen LogP contribution in [0.4, 0.5) is 5.82 Å². The third-order valence-electron chi connectivity index (χ3n) is 4.34. The SMILES string of the molecule is N#C/C(=C\c1cc(-c2cccc3ccccc23)cs1)C(=O)Nc1ccc(Cl)cn1. The molecule has 4 nitrogen and oxygen atoms in total. The second-order valence-corrected chi connectivity index (χ2v) is 7.63. The lowest BCUT2D eigenvalue weighted by molar-refractivity contribution is -0.112. The normalized spacial score (nSPS) is 11.2. The van der Waals surface area contributed by atoms with E-state index < -0.39 is 5.91 Å². The van der Waals surface area contributed by atoms with Gasteiger partial charge in [-0.05, 0) is 51.6 Å². The third-order valence-corrected chi connectivity index (χ3v) is 5.44. The Hall–Kier alpha value is -3.46. The highest BCUT2D eigenvalue weighted by molar-refractivity contribution is 7.11. The number of carbonyl (C=O) groups is 1. The van der Waals surface area contributed by atoms with Crippen molar-refractivity contribution in [3.05, 3.63) is 87.7 Å². The van der Waals surface area contributed by atoms with Crippen LogP contribution < -0.4 is 5.32 Å². The summed E-state index contributed by atoms with van der Waals surface area (Å²) < 4.78 is 0. The smallest absolute Gasteiger partial charge is 0.267 e. The molecule has 1 amide bonds. The first-order valence-corrected chi connectivity index (χ1v) is 10.0. The molecule has 1 N–H and O–H groups in total. The summed E-state index contributed by atoms with van der Waals surface area (Å²) in [6, 6.07) is 21.5. The molecule has 0 saturated heterocycles. The van der Waals surface area contributed by atoms with Crippen LogP contribution in [0.5, 0.6) is 0 Å². The molecule has 140 valence electrons. The lowest BCUT2D eigenvalue weighted by atomic mass is 10.00. The number of halogens is 1. The molecule has 0 unspecified atom stereocenters. The molecule has 0 aliphatic heterocycles. The number of nitrogens with zero attached hydrogens (tertiary/aromatic N) is 2. The van der Waals surface area contributed by atoms with Crippen molar-refractivity contribution >= 4 is 51.5 Å². The Bertz CT molecular complexity index is 1260. The van der Waals surface area contributed by atoms with Crippen molar-refractivity contribution in [3.8, 4) is 17.2 Å². The summed E-state index contributed by atoms with van der Waals surface area (Å²) in [5.41, 5.74) is 2.18. The minimum absolute atomic E-state index is 0.00747. The molecule has 0 bridgehead atoms. The van der Waals surface area contributed by atoms with E-state index in [1.165, 1.54) is 22.9 Å². The highest BCUT2D eigenvalue weighted by Crippen LogP contribution is 2.32. The molecule has 0 saturated carbocycles. The van der Waals surface area contributed by atoms with Crippen LogP contribution in [0.15, 0.2) is 77.8 Å². The van der Waals surface area contributed by atoms with Gasteiger partial charge >= 0.3 is 0 Å². The number of fused-ring (bicyclic) bond motifs is 1. The predicted octanol–water partition coefficient (Wildman–Crippen LogP) is 6.16. The van der Waals surface area contributed by atoms with Crippen LogP contribution in [0.2, 0.25) is 5.02 Å². The van der Waals surface area contributed by atoms with Gasteiger partial charge in [-0.15, -0.1) is 11.3 Å². The fourth-order valence-corrected chi connectivity index (χ4v) is 3.92. The van der Waals surface area contributed by atoms with E-state index in [9.17, 15) is 10.1 Å². The highest BCUT2D eigenvalue weighted by atomic mass is 35.5. The number of nitriles is 1. The van der Waals surface area contributed by atoms with E-state index in [1.54, 1.807) is 18.2 Å². The van der Waals surface area contributed by atoms with E-state index in [2.05, 4.69) is 34.6 Å². The molecule has 0 spiro atoms. The minimum atomic E-state index is -0.512. The van der Waals surface area contributed by atoms with Gasteiger partial charge in [0.05, 0.1) is 5.02 Å². The minimum Gasteiger partial charge on any atom is -0.306 e. The van der Waals surface area contributed by atoms with Crippen LogP contribution in [0.25, 0.3) is 28.0 Å². The van der Waals surface area contributed by atoms with Gasteiger partial charge in [0.15, 0.2) is 0 Å². The number of amides is 1. The van der Waals surface area contributed by atoms with Crippen molar-refractivity contribution in [1.82, 2.24) is 4.98 Å². The van der Waals surface area contributed by atoms with Gasteiger partial charge in [0, 0.05) is 11.1 Å². The average molecular weight is 416 g/mol. The van der Waals surface area contributed by atoms with Gasteiger partial charge in [0.1, 0.15) is 17.5 Å². The number of hydrogen-bond acceptors (Lipinski definition) is 4. The van der Waals surface area contributed by atoms with Crippen LogP contribution in [-0.4, -0.2) is 10.9 Å². The number of carbonyl (C=O) groups excluding carboxylic acids is 1. The van der Waals surface area contributed by atoms with Gasteiger partial charge < -0.3 is 5.32 Å². The summed E-state index contributed by atoms with van der Waals surface area (Å²) >= 11 is 7.28. The van der Waals surface area contributed by atoms with E-state index in [0.29, 0.717) is 10.8 Å². The van der Waals surface area contributed by atoms with E-state index in [0.717, 1.165) is 21.4 Å². The van der Waals surface area contributed by atoms with Crippen LogP contribution >= 0.6 is 22.9 Å². The molecule has 0 aliphatic carbocycles. The van der Waals surface area contributed by atoms with Gasteiger partial charge in [-0.2, -0.15) is 5.26 Å². The Kier molecular flexibility index (Phi) is 5.39. The number of benzene rings is 2. The van der Waals surface area contributed by atoms with E-state index in [4.69, 9.17) is 11.6 Å². The molecular formula is C23H14ClN3OS. The topological polar surface area (TPSA) is 65.8 Å². The molecule has 0 fully saturated rings. The van der Waals surface area contributed by atoms with Crippen molar-refractivity contribution in [2.75, 3.05) is 5.32 Å². The largest absolute Gasteiger partial charge is 0.306 e. The Morgan fingerprint density at radius 1 is 1.14 bits per heavy atom. The Balaban J connectivity index is 1.61. The average Bonchev–Trinajstić information content (AvgIpc) is 3.21. The monoisotopic (exact) mass is 415 g/mol. The molecule has 2 heterocycles. The lowest BCUT2D eigenvalue weighted by Gasteiger charge is -2.04. The van der Waals surface area contributed by atoms with Gasteiger partial charge in [-0.1, -0.05) is 54.1 Å². The number of aromatic nitrogens is 1. The van der Waals surface area contributed by atoms with Gasteiger partial charge in [-0.25, -0.2) is 4.98 Å². The standard InChI is InChI=1S/C23H14ClN3OS/c24-18-8-9-22(26-13-18)27-23(28)16(12-25)10-19-11-17(14-29-19)21-7-3-5-15-4-1-2-6-20(15)21/h1-11,13-14H,(H,26,27,28)/b16-10+. The van der Waals surface area contributed by atoms with Crippen LogP contribution in [0, 0.1) is 11.3 Å². The summed E-state index contributed by atoms with van der Waals surface area (Å²) in [4.78, 5) is 17.3. The Morgan fingerprint density at radius 3 is 2.76 bits per heavy atom. The van der Waals surface area contributed by atoms with Crippen molar-refractivity contribution < 1.29 is 4.79 Å². The number of nitrogens with one attached hydrogen (secondary N) is 1. The lowest BCUT2D eigenvalue weighted by Crippen LogP contribution is -2.14.